The third-order valence-electron chi connectivity index (χ3n) is 7.30. The largest absolute Gasteiger partial charge is 0.497 e. The molecule has 0 spiro atoms. The Morgan fingerprint density at radius 3 is 2.38 bits per heavy atom. The van der Waals surface area contributed by atoms with Crippen molar-refractivity contribution in [3.05, 3.63) is 94.4 Å². The van der Waals surface area contributed by atoms with Gasteiger partial charge in [-0.2, -0.15) is 0 Å². The molecule has 0 saturated carbocycles. The number of fused-ring (bicyclic) bond motifs is 1. The zero-order valence-electron chi connectivity index (χ0n) is 23.9. The fourth-order valence-electron chi connectivity index (χ4n) is 5.39. The van der Waals surface area contributed by atoms with Crippen LogP contribution >= 0.6 is 11.8 Å². The average Bonchev–Trinajstić information content (AvgIpc) is 3.22. The van der Waals surface area contributed by atoms with E-state index in [2.05, 4.69) is 50.8 Å². The highest BCUT2D eigenvalue weighted by atomic mass is 32.2. The topological polar surface area (TPSA) is 54.4 Å². The molecule has 0 atom stereocenters. The maximum Gasteiger partial charge on any atom is 0.267 e. The number of amides is 1. The van der Waals surface area contributed by atoms with Crippen LogP contribution < -0.4 is 14.4 Å². The van der Waals surface area contributed by atoms with Crippen LogP contribution in [0.15, 0.2) is 82.7 Å². The number of allylic oxidation sites excluding steroid dienone is 1. The Morgan fingerprint density at radius 1 is 1.00 bits per heavy atom. The zero-order valence-corrected chi connectivity index (χ0v) is 24.7. The molecular formula is C33H35N3O3S. The quantitative estimate of drug-likeness (QED) is 0.283. The second-order valence-electron chi connectivity index (χ2n) is 10.4. The highest BCUT2D eigenvalue weighted by Gasteiger charge is 2.35. The summed E-state index contributed by atoms with van der Waals surface area (Å²) in [5, 5.41) is 0.644. The number of aliphatic imine (C=N–C) groups is 1. The first-order chi connectivity index (χ1) is 19.2. The molecular weight excluding hydrogens is 518 g/mol. The van der Waals surface area contributed by atoms with E-state index in [4.69, 9.17) is 14.5 Å². The van der Waals surface area contributed by atoms with Crippen LogP contribution in [-0.4, -0.2) is 42.3 Å². The van der Waals surface area contributed by atoms with Crippen LogP contribution in [0.2, 0.25) is 0 Å². The molecule has 0 aliphatic carbocycles. The second-order valence-corrected chi connectivity index (χ2v) is 11.4. The van der Waals surface area contributed by atoms with Crippen molar-refractivity contribution in [2.45, 2.75) is 39.8 Å². The molecule has 0 unspecified atom stereocenters. The van der Waals surface area contributed by atoms with Gasteiger partial charge in [-0.3, -0.25) is 9.69 Å². The molecule has 1 amide bonds. The minimum absolute atomic E-state index is 0.0844. The molecule has 40 heavy (non-hydrogen) atoms. The molecule has 2 aliphatic rings. The molecule has 0 radical (unpaired) electrons. The van der Waals surface area contributed by atoms with E-state index in [0.29, 0.717) is 16.6 Å². The van der Waals surface area contributed by atoms with Gasteiger partial charge in [0.05, 0.1) is 36.9 Å². The number of anilines is 1. The van der Waals surface area contributed by atoms with Gasteiger partial charge in [-0.15, -0.1) is 0 Å². The SMILES string of the molecule is CCN1c2cc(OC)c(/C=C3/SC(=Nc4ccccc4)N(Cc4ccc(OC)cc4)C3=O)cc2C(C)=CC1(C)C. The van der Waals surface area contributed by atoms with Gasteiger partial charge in [0.25, 0.3) is 5.91 Å². The van der Waals surface area contributed by atoms with Crippen LogP contribution in [0, 0.1) is 0 Å². The summed E-state index contributed by atoms with van der Waals surface area (Å²) >= 11 is 1.39. The number of methoxy groups -OCH3 is 2. The van der Waals surface area contributed by atoms with Crippen LogP contribution in [0.3, 0.4) is 0 Å². The van der Waals surface area contributed by atoms with Gasteiger partial charge in [0.2, 0.25) is 0 Å². The number of benzene rings is 3. The van der Waals surface area contributed by atoms with Crippen molar-refractivity contribution in [1.82, 2.24) is 4.90 Å². The normalized spacial score (nSPS) is 18.2. The summed E-state index contributed by atoms with van der Waals surface area (Å²) < 4.78 is 11.2. The first kappa shape index (κ1) is 27.6. The molecule has 3 aromatic carbocycles. The fraction of sp³-hybridized carbons (Fsp3) is 0.273. The van der Waals surface area contributed by atoms with Gasteiger partial charge in [0.1, 0.15) is 11.5 Å². The van der Waals surface area contributed by atoms with Crippen molar-refractivity contribution in [3.8, 4) is 11.5 Å². The van der Waals surface area contributed by atoms with Gasteiger partial charge in [-0.25, -0.2) is 4.99 Å². The van der Waals surface area contributed by atoms with E-state index in [1.807, 2.05) is 60.7 Å². The van der Waals surface area contributed by atoms with Gasteiger partial charge in [0, 0.05) is 29.4 Å². The predicted octanol–water partition coefficient (Wildman–Crippen LogP) is 7.53. The monoisotopic (exact) mass is 553 g/mol. The molecule has 2 heterocycles. The fourth-order valence-corrected chi connectivity index (χ4v) is 6.38. The number of carbonyl (C=O) groups excluding carboxylic acids is 1. The molecule has 206 valence electrons. The summed E-state index contributed by atoms with van der Waals surface area (Å²) in [6.07, 6.45) is 4.24. The van der Waals surface area contributed by atoms with Crippen LogP contribution in [0.5, 0.6) is 11.5 Å². The van der Waals surface area contributed by atoms with Gasteiger partial charge in [-0.05, 0) is 87.0 Å². The van der Waals surface area contributed by atoms with E-state index in [-0.39, 0.29) is 11.4 Å². The summed E-state index contributed by atoms with van der Waals surface area (Å²) in [6.45, 7) is 10.0. The second kappa shape index (κ2) is 11.3. The van der Waals surface area contributed by atoms with E-state index in [1.165, 1.54) is 17.3 Å². The smallest absolute Gasteiger partial charge is 0.267 e. The molecule has 5 rings (SSSR count). The molecule has 1 fully saturated rings. The average molecular weight is 554 g/mol. The number of amidine groups is 1. The summed E-state index contributed by atoms with van der Waals surface area (Å²) in [7, 11) is 3.32. The van der Waals surface area contributed by atoms with E-state index in [9.17, 15) is 4.79 Å². The molecule has 7 heteroatoms. The van der Waals surface area contributed by atoms with Gasteiger partial charge < -0.3 is 14.4 Å². The van der Waals surface area contributed by atoms with Crippen molar-refractivity contribution in [2.75, 3.05) is 25.7 Å². The van der Waals surface area contributed by atoms with Gasteiger partial charge in [-0.1, -0.05) is 36.4 Å². The Balaban J connectivity index is 1.55. The maximum absolute atomic E-state index is 13.8. The first-order valence-electron chi connectivity index (χ1n) is 13.4. The highest BCUT2D eigenvalue weighted by Crippen LogP contribution is 2.44. The third kappa shape index (κ3) is 5.39. The van der Waals surface area contributed by atoms with Crippen molar-refractivity contribution >= 4 is 45.9 Å². The van der Waals surface area contributed by atoms with E-state index in [1.54, 1.807) is 19.1 Å². The number of rotatable bonds is 7. The Labute approximate surface area is 241 Å². The summed E-state index contributed by atoms with van der Waals surface area (Å²) in [5.41, 5.74) is 6.07. The standard InChI is InChI=1S/C33H35N3O3S/c1-7-36-28-19-29(39-6)24(17-27(28)22(2)20-33(36,3)4)18-30-31(37)35(21-23-13-15-26(38-5)16-14-23)32(40-30)34-25-11-9-8-10-12-25/h8-20H,7,21H2,1-6H3/b30-18+,34-32?. The molecule has 3 aromatic rings. The van der Waals surface area contributed by atoms with E-state index >= 15 is 0 Å². The predicted molar refractivity (Wildman–Crippen MR) is 166 cm³/mol. The number of ether oxygens (including phenoxy) is 2. The number of nitrogens with zero attached hydrogens (tertiary/aromatic N) is 3. The Morgan fingerprint density at radius 2 is 1.73 bits per heavy atom. The molecule has 0 bridgehead atoms. The van der Waals surface area contributed by atoms with Crippen LogP contribution in [-0.2, 0) is 11.3 Å². The minimum atomic E-state index is -0.0984. The lowest BCUT2D eigenvalue weighted by atomic mass is 9.87. The Kier molecular flexibility index (Phi) is 7.76. The third-order valence-corrected chi connectivity index (χ3v) is 8.31. The highest BCUT2D eigenvalue weighted by molar-refractivity contribution is 8.18. The number of hydrogen-bond donors (Lipinski definition) is 0. The molecule has 6 nitrogen and oxygen atoms in total. The summed E-state index contributed by atoms with van der Waals surface area (Å²) in [5.74, 6) is 1.43. The maximum atomic E-state index is 13.8. The van der Waals surface area contributed by atoms with Crippen molar-refractivity contribution < 1.29 is 14.3 Å². The lowest BCUT2D eigenvalue weighted by Crippen LogP contribution is -2.44. The number of carbonyl (C=O) groups is 1. The molecule has 1 saturated heterocycles. The van der Waals surface area contributed by atoms with E-state index in [0.717, 1.165) is 46.1 Å². The minimum Gasteiger partial charge on any atom is -0.497 e. The van der Waals surface area contributed by atoms with Crippen LogP contribution in [0.25, 0.3) is 11.6 Å². The van der Waals surface area contributed by atoms with E-state index < -0.39 is 0 Å². The van der Waals surface area contributed by atoms with Crippen LogP contribution in [0.1, 0.15) is 44.4 Å². The lowest BCUT2D eigenvalue weighted by molar-refractivity contribution is -0.122. The first-order valence-corrected chi connectivity index (χ1v) is 14.2. The number of likely N-dealkylation sites (N-methyl/N-ethyl adjacent to an activating group) is 1. The van der Waals surface area contributed by atoms with Gasteiger partial charge >= 0.3 is 0 Å². The zero-order chi connectivity index (χ0) is 28.4. The van der Waals surface area contributed by atoms with Gasteiger partial charge in [0.15, 0.2) is 5.17 Å². The Hall–Kier alpha value is -3.97. The van der Waals surface area contributed by atoms with Crippen molar-refractivity contribution in [3.63, 3.8) is 0 Å². The molecule has 2 aliphatic heterocycles. The number of hydrogen-bond acceptors (Lipinski definition) is 6. The van der Waals surface area contributed by atoms with Crippen molar-refractivity contribution in [2.24, 2.45) is 4.99 Å². The van der Waals surface area contributed by atoms with Crippen LogP contribution in [0.4, 0.5) is 11.4 Å². The summed E-state index contributed by atoms with van der Waals surface area (Å²) in [4.78, 5) is 23.4. The number of para-hydroxylation sites is 1. The van der Waals surface area contributed by atoms with Crippen molar-refractivity contribution in [1.29, 1.82) is 0 Å². The number of thioether (sulfide) groups is 1. The Bertz CT molecular complexity index is 1510. The lowest BCUT2D eigenvalue weighted by Gasteiger charge is -2.43. The summed E-state index contributed by atoms with van der Waals surface area (Å²) in [6, 6.07) is 21.7. The molecule has 0 aromatic heterocycles. The molecule has 0 N–H and O–H groups in total.